The SMILES string of the molecule is C=CCN(C(=O)c1ccc(N(C)C)c(F)c1)C1CCS(=O)(=O)C1. The first-order valence-corrected chi connectivity index (χ1v) is 9.16. The van der Waals surface area contributed by atoms with E-state index in [9.17, 15) is 17.6 Å². The van der Waals surface area contributed by atoms with Crippen molar-refractivity contribution in [2.24, 2.45) is 0 Å². The molecule has 1 fully saturated rings. The average Bonchev–Trinajstić information content (AvgIpc) is 2.83. The first-order valence-electron chi connectivity index (χ1n) is 7.34. The zero-order chi connectivity index (χ0) is 17.2. The molecule has 1 aromatic rings. The second kappa shape index (κ2) is 6.70. The highest BCUT2D eigenvalue weighted by Gasteiger charge is 2.34. The predicted octanol–water partition coefficient (Wildman–Crippen LogP) is 1.71. The van der Waals surface area contributed by atoms with Gasteiger partial charge in [0.25, 0.3) is 5.91 Å². The Balaban J connectivity index is 2.28. The Kier molecular flexibility index (Phi) is 5.09. The summed E-state index contributed by atoms with van der Waals surface area (Å²) < 4.78 is 37.4. The summed E-state index contributed by atoms with van der Waals surface area (Å²) >= 11 is 0. The maximum Gasteiger partial charge on any atom is 0.254 e. The maximum atomic E-state index is 14.1. The van der Waals surface area contributed by atoms with Gasteiger partial charge in [0, 0.05) is 32.2 Å². The fourth-order valence-electron chi connectivity index (χ4n) is 2.73. The summed E-state index contributed by atoms with van der Waals surface area (Å²) in [6.07, 6.45) is 1.95. The number of rotatable bonds is 5. The summed E-state index contributed by atoms with van der Waals surface area (Å²) in [4.78, 5) is 15.7. The average molecular weight is 340 g/mol. The smallest absolute Gasteiger partial charge is 0.254 e. The highest BCUT2D eigenvalue weighted by Crippen LogP contribution is 2.23. The maximum absolute atomic E-state index is 14.1. The minimum absolute atomic E-state index is 0.0508. The second-order valence-corrected chi connectivity index (χ2v) is 8.09. The molecule has 0 N–H and O–H groups in total. The topological polar surface area (TPSA) is 57.7 Å². The van der Waals surface area contributed by atoms with Crippen molar-refractivity contribution >= 4 is 21.4 Å². The molecule has 0 aliphatic carbocycles. The molecule has 1 atom stereocenters. The summed E-state index contributed by atoms with van der Waals surface area (Å²) in [5.41, 5.74) is 0.597. The molecule has 0 aromatic heterocycles. The Morgan fingerprint density at radius 2 is 2.13 bits per heavy atom. The Morgan fingerprint density at radius 1 is 1.43 bits per heavy atom. The van der Waals surface area contributed by atoms with E-state index in [4.69, 9.17) is 0 Å². The predicted molar refractivity (Wildman–Crippen MR) is 89.0 cm³/mol. The molecule has 1 heterocycles. The number of benzene rings is 1. The Hall–Kier alpha value is -1.89. The lowest BCUT2D eigenvalue weighted by Gasteiger charge is -2.27. The summed E-state index contributed by atoms with van der Waals surface area (Å²) in [7, 11) is 0.322. The molecule has 1 unspecified atom stereocenters. The van der Waals surface area contributed by atoms with Crippen molar-refractivity contribution in [3.63, 3.8) is 0 Å². The quantitative estimate of drug-likeness (QED) is 0.766. The third-order valence-corrected chi connectivity index (χ3v) is 5.66. The normalized spacial score (nSPS) is 19.3. The van der Waals surface area contributed by atoms with Gasteiger partial charge in [-0.1, -0.05) is 6.08 Å². The van der Waals surface area contributed by atoms with Crippen LogP contribution in [-0.4, -0.2) is 57.4 Å². The Labute approximate surface area is 136 Å². The van der Waals surface area contributed by atoms with Crippen LogP contribution in [0.1, 0.15) is 16.8 Å². The summed E-state index contributed by atoms with van der Waals surface area (Å²) in [5.74, 6) is -0.841. The molecular weight excluding hydrogens is 319 g/mol. The third kappa shape index (κ3) is 3.90. The number of anilines is 1. The van der Waals surface area contributed by atoms with E-state index in [1.807, 2.05) is 0 Å². The fourth-order valence-corrected chi connectivity index (χ4v) is 4.46. The van der Waals surface area contributed by atoms with Crippen molar-refractivity contribution in [2.75, 3.05) is 37.0 Å². The number of carbonyl (C=O) groups excluding carboxylic acids is 1. The molecule has 1 saturated heterocycles. The van der Waals surface area contributed by atoms with E-state index in [2.05, 4.69) is 6.58 Å². The largest absolute Gasteiger partial charge is 0.375 e. The number of sulfone groups is 1. The van der Waals surface area contributed by atoms with Crippen LogP contribution in [0.15, 0.2) is 30.9 Å². The molecule has 7 heteroatoms. The van der Waals surface area contributed by atoms with Crippen molar-refractivity contribution < 1.29 is 17.6 Å². The van der Waals surface area contributed by atoms with Gasteiger partial charge in [-0.25, -0.2) is 12.8 Å². The lowest BCUT2D eigenvalue weighted by Crippen LogP contribution is -2.41. The lowest BCUT2D eigenvalue weighted by atomic mass is 10.1. The van der Waals surface area contributed by atoms with Crippen LogP contribution in [0.2, 0.25) is 0 Å². The molecule has 1 aliphatic heterocycles. The van der Waals surface area contributed by atoms with Gasteiger partial charge in [0.2, 0.25) is 0 Å². The van der Waals surface area contributed by atoms with Gasteiger partial charge < -0.3 is 9.80 Å². The number of hydrogen-bond acceptors (Lipinski definition) is 4. The number of halogens is 1. The first kappa shape index (κ1) is 17.5. The molecule has 0 radical (unpaired) electrons. The van der Waals surface area contributed by atoms with Crippen LogP contribution >= 0.6 is 0 Å². The molecule has 0 bridgehead atoms. The summed E-state index contributed by atoms with van der Waals surface area (Å²) in [6.45, 7) is 3.85. The fraction of sp³-hybridized carbons (Fsp3) is 0.438. The molecule has 1 amide bonds. The summed E-state index contributed by atoms with van der Waals surface area (Å²) in [6, 6.07) is 3.90. The highest BCUT2D eigenvalue weighted by atomic mass is 32.2. The van der Waals surface area contributed by atoms with Crippen LogP contribution in [0, 0.1) is 5.82 Å². The van der Waals surface area contributed by atoms with Crippen LogP contribution in [0.25, 0.3) is 0 Å². The molecule has 5 nitrogen and oxygen atoms in total. The molecule has 0 saturated carbocycles. The first-order chi connectivity index (χ1) is 10.7. The van der Waals surface area contributed by atoms with Gasteiger partial charge in [-0.05, 0) is 24.6 Å². The van der Waals surface area contributed by atoms with E-state index in [1.165, 1.54) is 11.0 Å². The summed E-state index contributed by atoms with van der Waals surface area (Å²) in [5, 5.41) is 0. The van der Waals surface area contributed by atoms with Gasteiger partial charge >= 0.3 is 0 Å². The monoisotopic (exact) mass is 340 g/mol. The number of amides is 1. The van der Waals surface area contributed by atoms with Crippen molar-refractivity contribution in [1.29, 1.82) is 0 Å². The van der Waals surface area contributed by atoms with Crippen molar-refractivity contribution in [2.45, 2.75) is 12.5 Å². The lowest BCUT2D eigenvalue weighted by molar-refractivity contribution is 0.0720. The van der Waals surface area contributed by atoms with Crippen LogP contribution in [0.4, 0.5) is 10.1 Å². The van der Waals surface area contributed by atoms with E-state index < -0.39 is 15.7 Å². The molecule has 126 valence electrons. The van der Waals surface area contributed by atoms with E-state index in [1.54, 1.807) is 37.2 Å². The van der Waals surface area contributed by atoms with Gasteiger partial charge in [0.15, 0.2) is 9.84 Å². The van der Waals surface area contributed by atoms with E-state index in [0.717, 1.165) is 0 Å². The molecular formula is C16H21FN2O3S. The Bertz CT molecular complexity index is 716. The zero-order valence-corrected chi connectivity index (χ0v) is 14.1. The van der Waals surface area contributed by atoms with E-state index in [-0.39, 0.29) is 35.6 Å². The van der Waals surface area contributed by atoms with Crippen LogP contribution < -0.4 is 4.90 Å². The third-order valence-electron chi connectivity index (χ3n) is 3.91. The van der Waals surface area contributed by atoms with Gasteiger partial charge in [-0.2, -0.15) is 0 Å². The van der Waals surface area contributed by atoms with E-state index in [0.29, 0.717) is 12.1 Å². The minimum Gasteiger partial charge on any atom is -0.375 e. The molecule has 1 aromatic carbocycles. The van der Waals surface area contributed by atoms with Crippen molar-refractivity contribution in [3.8, 4) is 0 Å². The van der Waals surface area contributed by atoms with Gasteiger partial charge in [0.05, 0.1) is 17.2 Å². The second-order valence-electron chi connectivity index (χ2n) is 5.86. The van der Waals surface area contributed by atoms with E-state index >= 15 is 0 Å². The van der Waals surface area contributed by atoms with Gasteiger partial charge in [-0.3, -0.25) is 4.79 Å². The number of carbonyl (C=O) groups is 1. The molecule has 23 heavy (non-hydrogen) atoms. The zero-order valence-electron chi connectivity index (χ0n) is 13.3. The minimum atomic E-state index is -3.11. The molecule has 1 aliphatic rings. The standard InChI is InChI=1S/C16H21FN2O3S/c1-4-8-19(13-7-9-23(21,22)11-13)16(20)12-5-6-15(18(2)3)14(17)10-12/h4-6,10,13H,1,7-9,11H2,2-3H3. The van der Waals surface area contributed by atoms with Gasteiger partial charge in [0.1, 0.15) is 5.82 Å². The van der Waals surface area contributed by atoms with Crippen LogP contribution in [0.5, 0.6) is 0 Å². The number of hydrogen-bond donors (Lipinski definition) is 0. The highest BCUT2D eigenvalue weighted by molar-refractivity contribution is 7.91. The van der Waals surface area contributed by atoms with Gasteiger partial charge in [-0.15, -0.1) is 6.58 Å². The number of nitrogens with zero attached hydrogens (tertiary/aromatic N) is 2. The van der Waals surface area contributed by atoms with Crippen LogP contribution in [0.3, 0.4) is 0 Å². The molecule has 0 spiro atoms. The molecule has 2 rings (SSSR count). The Morgan fingerprint density at radius 3 is 2.61 bits per heavy atom. The van der Waals surface area contributed by atoms with Crippen molar-refractivity contribution in [1.82, 2.24) is 4.90 Å². The van der Waals surface area contributed by atoms with Crippen molar-refractivity contribution in [3.05, 3.63) is 42.2 Å². The van der Waals surface area contributed by atoms with Crippen LogP contribution in [-0.2, 0) is 9.84 Å².